The molecule has 1 aliphatic rings. The van der Waals surface area contributed by atoms with Crippen LogP contribution in [0.3, 0.4) is 0 Å². The summed E-state index contributed by atoms with van der Waals surface area (Å²) in [6.45, 7) is 3.38. The van der Waals surface area contributed by atoms with E-state index in [9.17, 15) is 9.90 Å². The summed E-state index contributed by atoms with van der Waals surface area (Å²) in [5.41, 5.74) is -0.547. The number of aromatic hydroxyl groups is 1. The summed E-state index contributed by atoms with van der Waals surface area (Å²) in [5.74, 6) is 0.295. The molecule has 0 aromatic heterocycles. The minimum Gasteiger partial charge on any atom is -0.507 e. The monoisotopic (exact) mass is 178 g/mol. The molecule has 0 bridgehead atoms. The highest BCUT2D eigenvalue weighted by molar-refractivity contribution is 6.08. The van der Waals surface area contributed by atoms with Crippen molar-refractivity contribution in [2.24, 2.45) is 0 Å². The van der Waals surface area contributed by atoms with Crippen LogP contribution in [0.2, 0.25) is 0 Å². The fraction of sp³-hybridized carbons (Fsp3) is 0.300. The average molecular weight is 178 g/mol. The Morgan fingerprint density at radius 3 is 2.69 bits per heavy atom. The van der Waals surface area contributed by atoms with Crippen molar-refractivity contribution in [2.45, 2.75) is 19.4 Å². The summed E-state index contributed by atoms with van der Waals surface area (Å²) in [4.78, 5) is 11.7. The van der Waals surface area contributed by atoms with Gasteiger partial charge in [0.05, 0.1) is 0 Å². The molecule has 0 radical (unpaired) electrons. The van der Waals surface area contributed by atoms with E-state index < -0.39 is 5.60 Å². The highest BCUT2D eigenvalue weighted by Crippen LogP contribution is 2.39. The van der Waals surface area contributed by atoms with Crippen LogP contribution in [-0.4, -0.2) is 16.5 Å². The van der Waals surface area contributed by atoms with E-state index >= 15 is 0 Å². The average Bonchev–Trinajstić information content (AvgIpc) is 2.24. The number of carbonyl (C=O) groups excluding carboxylic acids is 1. The van der Waals surface area contributed by atoms with Gasteiger partial charge in [0.15, 0.2) is 5.60 Å². The van der Waals surface area contributed by atoms with Gasteiger partial charge in [-0.05, 0) is 26.0 Å². The second-order valence-electron chi connectivity index (χ2n) is 3.59. The molecule has 0 spiro atoms. The van der Waals surface area contributed by atoms with Crippen LogP contribution in [0, 0.1) is 0 Å². The Morgan fingerprint density at radius 1 is 1.38 bits per heavy atom. The molecule has 0 amide bonds. The van der Waals surface area contributed by atoms with Crippen LogP contribution in [-0.2, 0) is 0 Å². The van der Waals surface area contributed by atoms with Crippen LogP contribution >= 0.6 is 0 Å². The zero-order valence-corrected chi connectivity index (χ0v) is 7.50. The van der Waals surface area contributed by atoms with Crippen LogP contribution in [0.4, 0.5) is 0 Å². The third kappa shape index (κ3) is 1.00. The topological polar surface area (TPSA) is 46.5 Å². The number of phenolic OH excluding ortho intramolecular Hbond substituents is 1. The molecule has 1 heterocycles. The van der Waals surface area contributed by atoms with E-state index in [-0.39, 0.29) is 11.5 Å². The van der Waals surface area contributed by atoms with E-state index in [4.69, 9.17) is 4.74 Å². The van der Waals surface area contributed by atoms with Gasteiger partial charge in [-0.1, -0.05) is 6.07 Å². The Morgan fingerprint density at radius 2 is 2.08 bits per heavy atom. The van der Waals surface area contributed by atoms with Gasteiger partial charge in [0.2, 0.25) is 5.78 Å². The van der Waals surface area contributed by atoms with Crippen molar-refractivity contribution in [3.63, 3.8) is 0 Å². The van der Waals surface area contributed by atoms with Crippen molar-refractivity contribution in [2.75, 3.05) is 0 Å². The fourth-order valence-electron chi connectivity index (χ4n) is 1.46. The van der Waals surface area contributed by atoms with Gasteiger partial charge >= 0.3 is 0 Å². The maximum atomic E-state index is 11.7. The van der Waals surface area contributed by atoms with Crippen molar-refractivity contribution in [3.05, 3.63) is 23.8 Å². The van der Waals surface area contributed by atoms with Gasteiger partial charge < -0.3 is 9.84 Å². The van der Waals surface area contributed by atoms with Gasteiger partial charge in [-0.25, -0.2) is 0 Å². The molecule has 0 saturated carbocycles. The number of hydrogen-bond acceptors (Lipinski definition) is 3. The lowest BCUT2D eigenvalue weighted by atomic mass is 9.99. The number of benzene rings is 1. The number of fused-ring (bicyclic) bond motifs is 1. The molecule has 2 rings (SSSR count). The normalized spacial score (nSPS) is 18.2. The Labute approximate surface area is 76.0 Å². The summed E-state index contributed by atoms with van der Waals surface area (Å²) in [6, 6.07) is 4.83. The predicted molar refractivity (Wildman–Crippen MR) is 47.1 cm³/mol. The van der Waals surface area contributed by atoms with Crippen molar-refractivity contribution in [1.82, 2.24) is 0 Å². The minimum atomic E-state index is -0.846. The maximum absolute atomic E-state index is 11.7. The van der Waals surface area contributed by atoms with Crippen molar-refractivity contribution < 1.29 is 14.6 Å². The lowest BCUT2D eigenvalue weighted by Gasteiger charge is -2.14. The molecular weight excluding hydrogens is 168 g/mol. The number of ketones is 1. The molecule has 13 heavy (non-hydrogen) atoms. The van der Waals surface area contributed by atoms with Crippen LogP contribution in [0.1, 0.15) is 24.2 Å². The highest BCUT2D eigenvalue weighted by Gasteiger charge is 2.41. The molecule has 1 aromatic rings. The maximum Gasteiger partial charge on any atom is 0.213 e. The third-order valence-electron chi connectivity index (χ3n) is 2.14. The quantitative estimate of drug-likeness (QED) is 0.658. The van der Waals surface area contributed by atoms with Gasteiger partial charge in [0.1, 0.15) is 17.1 Å². The van der Waals surface area contributed by atoms with E-state index in [1.807, 2.05) is 0 Å². The Hall–Kier alpha value is -1.51. The third-order valence-corrected chi connectivity index (χ3v) is 2.14. The second-order valence-corrected chi connectivity index (χ2v) is 3.59. The van der Waals surface area contributed by atoms with E-state index in [0.29, 0.717) is 11.3 Å². The van der Waals surface area contributed by atoms with Gasteiger partial charge in [-0.15, -0.1) is 0 Å². The number of phenols is 1. The molecular formula is C10H10O3. The Kier molecular flexibility index (Phi) is 1.40. The molecule has 1 aliphatic heterocycles. The summed E-state index contributed by atoms with van der Waals surface area (Å²) in [6.07, 6.45) is 0. The highest BCUT2D eigenvalue weighted by atomic mass is 16.5. The van der Waals surface area contributed by atoms with Crippen LogP contribution in [0.5, 0.6) is 11.5 Å². The number of hydrogen-bond donors (Lipinski definition) is 1. The summed E-state index contributed by atoms with van der Waals surface area (Å²) in [7, 11) is 0. The van der Waals surface area contributed by atoms with Crippen molar-refractivity contribution >= 4 is 5.78 Å². The molecule has 0 saturated heterocycles. The molecule has 0 aliphatic carbocycles. The van der Waals surface area contributed by atoms with Crippen LogP contribution in [0.15, 0.2) is 18.2 Å². The zero-order valence-electron chi connectivity index (χ0n) is 7.50. The first-order valence-corrected chi connectivity index (χ1v) is 4.08. The molecule has 1 aromatic carbocycles. The zero-order chi connectivity index (χ0) is 9.64. The van der Waals surface area contributed by atoms with Gasteiger partial charge in [0.25, 0.3) is 0 Å². The Balaban J connectivity index is 2.64. The van der Waals surface area contributed by atoms with Gasteiger partial charge in [0, 0.05) is 0 Å². The smallest absolute Gasteiger partial charge is 0.213 e. The predicted octanol–water partition coefficient (Wildman–Crippen LogP) is 1.75. The number of Topliss-reactive ketones (excluding diaryl/α,β-unsaturated/α-hetero) is 1. The summed E-state index contributed by atoms with van der Waals surface area (Å²) < 4.78 is 5.38. The molecule has 0 fully saturated rings. The SMILES string of the molecule is CC1(C)Oc2cccc(O)c2C1=O. The molecule has 3 heteroatoms. The number of rotatable bonds is 0. The van der Waals surface area contributed by atoms with Crippen molar-refractivity contribution in [3.8, 4) is 11.5 Å². The van der Waals surface area contributed by atoms with E-state index in [0.717, 1.165) is 0 Å². The van der Waals surface area contributed by atoms with E-state index in [1.165, 1.54) is 6.07 Å². The number of carbonyl (C=O) groups is 1. The van der Waals surface area contributed by atoms with Gasteiger partial charge in [-0.3, -0.25) is 4.79 Å². The summed E-state index contributed by atoms with van der Waals surface area (Å²) >= 11 is 0. The molecule has 1 N–H and O–H groups in total. The second kappa shape index (κ2) is 2.25. The molecule has 3 nitrogen and oxygen atoms in total. The lowest BCUT2D eigenvalue weighted by molar-refractivity contribution is 0.0683. The van der Waals surface area contributed by atoms with E-state index in [2.05, 4.69) is 0 Å². The first kappa shape index (κ1) is 8.10. The molecule has 0 atom stereocenters. The number of ether oxygens (including phenoxy) is 1. The Bertz CT molecular complexity index is 380. The first-order chi connectivity index (χ1) is 6.02. The molecule has 0 unspecified atom stereocenters. The lowest BCUT2D eigenvalue weighted by Crippen LogP contribution is -2.31. The van der Waals surface area contributed by atoms with Crippen LogP contribution in [0.25, 0.3) is 0 Å². The minimum absolute atomic E-state index is 0.00641. The standard InChI is InChI=1S/C10H10O3/c1-10(2)9(12)8-6(11)4-3-5-7(8)13-10/h3-5,11H,1-2H3. The van der Waals surface area contributed by atoms with Crippen molar-refractivity contribution in [1.29, 1.82) is 0 Å². The van der Waals surface area contributed by atoms with E-state index in [1.54, 1.807) is 26.0 Å². The van der Waals surface area contributed by atoms with Crippen LogP contribution < -0.4 is 4.74 Å². The van der Waals surface area contributed by atoms with Gasteiger partial charge in [-0.2, -0.15) is 0 Å². The largest absolute Gasteiger partial charge is 0.507 e. The first-order valence-electron chi connectivity index (χ1n) is 4.08. The summed E-state index contributed by atoms with van der Waals surface area (Å²) in [5, 5.41) is 9.43. The molecule has 68 valence electrons. The fourth-order valence-corrected chi connectivity index (χ4v) is 1.46.